The molecular formula is C21H20F2N2O. The SMILES string of the molecule is C=CC[C@H](N)C(=O)N1CC(c2cc(F)ccc2F)=C[C@H]1c1ccccc1. The smallest absolute Gasteiger partial charge is 0.240 e. The first kappa shape index (κ1) is 18.0. The topological polar surface area (TPSA) is 46.3 Å². The van der Waals surface area contributed by atoms with Crippen molar-refractivity contribution in [2.75, 3.05) is 6.54 Å². The van der Waals surface area contributed by atoms with Crippen molar-refractivity contribution >= 4 is 11.5 Å². The lowest BCUT2D eigenvalue weighted by Gasteiger charge is -2.27. The summed E-state index contributed by atoms with van der Waals surface area (Å²) in [6.45, 7) is 3.79. The molecule has 2 atom stereocenters. The molecule has 1 heterocycles. The molecule has 134 valence electrons. The van der Waals surface area contributed by atoms with E-state index in [9.17, 15) is 13.6 Å². The van der Waals surface area contributed by atoms with Crippen LogP contribution in [0.15, 0.2) is 67.3 Å². The minimum atomic E-state index is -0.719. The molecule has 1 amide bonds. The largest absolute Gasteiger partial charge is 0.326 e. The number of nitrogens with two attached hydrogens (primary N) is 1. The Labute approximate surface area is 151 Å². The van der Waals surface area contributed by atoms with Crippen molar-refractivity contribution in [2.45, 2.75) is 18.5 Å². The van der Waals surface area contributed by atoms with Gasteiger partial charge in [0.15, 0.2) is 0 Å². The third-order valence-electron chi connectivity index (χ3n) is 4.47. The molecule has 0 saturated carbocycles. The van der Waals surface area contributed by atoms with Gasteiger partial charge in [-0.05, 0) is 35.8 Å². The van der Waals surface area contributed by atoms with E-state index in [4.69, 9.17) is 5.73 Å². The van der Waals surface area contributed by atoms with E-state index in [1.54, 1.807) is 17.1 Å². The minimum Gasteiger partial charge on any atom is -0.326 e. The number of halogens is 2. The average Bonchev–Trinajstić information content (AvgIpc) is 3.09. The van der Waals surface area contributed by atoms with Crippen molar-refractivity contribution in [1.29, 1.82) is 0 Å². The number of hydrogen-bond acceptors (Lipinski definition) is 2. The maximum atomic E-state index is 14.2. The van der Waals surface area contributed by atoms with E-state index < -0.39 is 17.7 Å². The molecule has 3 rings (SSSR count). The number of nitrogens with zero attached hydrogens (tertiary/aromatic N) is 1. The zero-order valence-electron chi connectivity index (χ0n) is 14.2. The summed E-state index contributed by atoms with van der Waals surface area (Å²) in [7, 11) is 0. The van der Waals surface area contributed by atoms with Gasteiger partial charge in [0.05, 0.1) is 12.1 Å². The van der Waals surface area contributed by atoms with Crippen LogP contribution in [0.1, 0.15) is 23.6 Å². The first-order chi connectivity index (χ1) is 12.5. The fourth-order valence-electron chi connectivity index (χ4n) is 3.17. The predicted molar refractivity (Wildman–Crippen MR) is 98.0 cm³/mol. The predicted octanol–water partition coefficient (Wildman–Crippen LogP) is 3.84. The number of carbonyl (C=O) groups is 1. The molecule has 3 nitrogen and oxygen atoms in total. The Morgan fingerprint density at radius 2 is 2.00 bits per heavy atom. The summed E-state index contributed by atoms with van der Waals surface area (Å²) in [5.41, 5.74) is 7.58. The highest BCUT2D eigenvalue weighted by Crippen LogP contribution is 2.36. The fraction of sp³-hybridized carbons (Fsp3) is 0.190. The molecule has 0 bridgehead atoms. The zero-order valence-corrected chi connectivity index (χ0v) is 14.2. The van der Waals surface area contributed by atoms with Crippen LogP contribution < -0.4 is 5.73 Å². The van der Waals surface area contributed by atoms with E-state index in [0.29, 0.717) is 12.0 Å². The maximum absolute atomic E-state index is 14.2. The van der Waals surface area contributed by atoms with Crippen LogP contribution in [-0.4, -0.2) is 23.4 Å². The summed E-state index contributed by atoms with van der Waals surface area (Å²) in [5, 5.41) is 0. The number of rotatable bonds is 5. The third-order valence-corrected chi connectivity index (χ3v) is 4.47. The Balaban J connectivity index is 2.00. The van der Waals surface area contributed by atoms with E-state index in [1.165, 1.54) is 0 Å². The molecule has 1 aliphatic rings. The Morgan fingerprint density at radius 1 is 1.27 bits per heavy atom. The second-order valence-electron chi connectivity index (χ2n) is 6.27. The van der Waals surface area contributed by atoms with Gasteiger partial charge >= 0.3 is 0 Å². The number of amides is 1. The number of benzene rings is 2. The first-order valence-corrected chi connectivity index (χ1v) is 8.39. The molecule has 2 aromatic carbocycles. The van der Waals surface area contributed by atoms with Gasteiger partial charge in [-0.2, -0.15) is 0 Å². The van der Waals surface area contributed by atoms with Crippen LogP contribution in [0, 0.1) is 11.6 Å². The normalized spacial score (nSPS) is 17.7. The van der Waals surface area contributed by atoms with Crippen LogP contribution in [-0.2, 0) is 4.79 Å². The van der Waals surface area contributed by atoms with Crippen molar-refractivity contribution in [3.8, 4) is 0 Å². The van der Waals surface area contributed by atoms with Gasteiger partial charge < -0.3 is 10.6 Å². The molecule has 0 aliphatic carbocycles. The van der Waals surface area contributed by atoms with E-state index >= 15 is 0 Å². The van der Waals surface area contributed by atoms with Crippen LogP contribution in [0.25, 0.3) is 5.57 Å². The van der Waals surface area contributed by atoms with Crippen LogP contribution in [0.5, 0.6) is 0 Å². The number of hydrogen-bond donors (Lipinski definition) is 1. The van der Waals surface area contributed by atoms with Gasteiger partial charge in [0.25, 0.3) is 0 Å². The molecule has 1 aliphatic heterocycles. The maximum Gasteiger partial charge on any atom is 0.240 e. The van der Waals surface area contributed by atoms with Gasteiger partial charge in [0.2, 0.25) is 5.91 Å². The molecule has 2 N–H and O–H groups in total. The van der Waals surface area contributed by atoms with Crippen molar-refractivity contribution in [3.05, 3.63) is 90.0 Å². The van der Waals surface area contributed by atoms with Gasteiger partial charge in [-0.1, -0.05) is 42.5 Å². The van der Waals surface area contributed by atoms with E-state index in [1.807, 2.05) is 30.3 Å². The third kappa shape index (κ3) is 3.58. The van der Waals surface area contributed by atoms with E-state index in [2.05, 4.69) is 6.58 Å². The standard InChI is InChI=1S/C21H20F2N2O/c1-2-6-19(24)21(26)25-13-15(17-12-16(22)9-10-18(17)23)11-20(25)14-7-4-3-5-8-14/h2-5,7-12,19-20H,1,6,13,24H2/t19-,20-/m0/s1. The minimum absolute atomic E-state index is 0.165. The van der Waals surface area contributed by atoms with Crippen LogP contribution >= 0.6 is 0 Å². The number of carbonyl (C=O) groups excluding carboxylic acids is 1. The summed E-state index contributed by atoms with van der Waals surface area (Å²) in [4.78, 5) is 14.4. The highest BCUT2D eigenvalue weighted by molar-refractivity contribution is 5.87. The molecule has 0 aromatic heterocycles. The average molecular weight is 354 g/mol. The monoisotopic (exact) mass is 354 g/mol. The second-order valence-corrected chi connectivity index (χ2v) is 6.27. The highest BCUT2D eigenvalue weighted by atomic mass is 19.1. The molecular weight excluding hydrogens is 334 g/mol. The van der Waals surface area contributed by atoms with Crippen LogP contribution in [0.2, 0.25) is 0 Å². The van der Waals surface area contributed by atoms with E-state index in [0.717, 1.165) is 23.8 Å². The Kier molecular flexibility index (Phi) is 5.28. The van der Waals surface area contributed by atoms with Crippen molar-refractivity contribution in [1.82, 2.24) is 4.90 Å². The summed E-state index contributed by atoms with van der Waals surface area (Å²) >= 11 is 0. The quantitative estimate of drug-likeness (QED) is 0.830. The molecule has 26 heavy (non-hydrogen) atoms. The van der Waals surface area contributed by atoms with Gasteiger partial charge in [0, 0.05) is 12.1 Å². The lowest BCUT2D eigenvalue weighted by atomic mass is 10.0. The summed E-state index contributed by atoms with van der Waals surface area (Å²) in [6, 6.07) is 11.6. The van der Waals surface area contributed by atoms with E-state index in [-0.39, 0.29) is 24.1 Å². The molecule has 0 radical (unpaired) electrons. The molecule has 0 fully saturated rings. The first-order valence-electron chi connectivity index (χ1n) is 8.39. The van der Waals surface area contributed by atoms with Gasteiger partial charge in [-0.3, -0.25) is 4.79 Å². The summed E-state index contributed by atoms with van der Waals surface area (Å²) in [5.74, 6) is -1.29. The fourth-order valence-corrected chi connectivity index (χ4v) is 3.17. The molecule has 0 unspecified atom stereocenters. The van der Waals surface area contributed by atoms with Crippen molar-refractivity contribution < 1.29 is 13.6 Å². The van der Waals surface area contributed by atoms with Gasteiger partial charge in [0.1, 0.15) is 11.6 Å². The summed E-state index contributed by atoms with van der Waals surface area (Å²) in [6.07, 6.45) is 3.74. The molecule has 2 aromatic rings. The van der Waals surface area contributed by atoms with Gasteiger partial charge in [-0.25, -0.2) is 8.78 Å². The van der Waals surface area contributed by atoms with Crippen LogP contribution in [0.4, 0.5) is 8.78 Å². The lowest BCUT2D eigenvalue weighted by molar-refractivity contribution is -0.133. The molecule has 0 saturated heterocycles. The van der Waals surface area contributed by atoms with Crippen LogP contribution in [0.3, 0.4) is 0 Å². The zero-order chi connectivity index (χ0) is 18.7. The van der Waals surface area contributed by atoms with Crippen molar-refractivity contribution in [2.24, 2.45) is 5.73 Å². The summed E-state index contributed by atoms with van der Waals surface area (Å²) < 4.78 is 27.8. The highest BCUT2D eigenvalue weighted by Gasteiger charge is 2.33. The Morgan fingerprint density at radius 3 is 2.69 bits per heavy atom. The van der Waals surface area contributed by atoms with Gasteiger partial charge in [-0.15, -0.1) is 6.58 Å². The Bertz CT molecular complexity index is 848. The lowest BCUT2D eigenvalue weighted by Crippen LogP contribution is -2.43. The molecule has 5 heteroatoms. The Hall–Kier alpha value is -2.79. The van der Waals surface area contributed by atoms with Crippen molar-refractivity contribution in [3.63, 3.8) is 0 Å². The second kappa shape index (κ2) is 7.62. The molecule has 0 spiro atoms.